The summed E-state index contributed by atoms with van der Waals surface area (Å²) in [7, 11) is 0. The van der Waals surface area contributed by atoms with Crippen molar-refractivity contribution in [1.82, 2.24) is 5.32 Å². The summed E-state index contributed by atoms with van der Waals surface area (Å²) in [5.41, 5.74) is 6.53. The van der Waals surface area contributed by atoms with Crippen molar-refractivity contribution in [3.05, 3.63) is 28.8 Å². The zero-order valence-corrected chi connectivity index (χ0v) is 14.0. The van der Waals surface area contributed by atoms with Crippen LogP contribution < -0.4 is 15.8 Å². The van der Waals surface area contributed by atoms with Crippen molar-refractivity contribution in [2.75, 3.05) is 6.61 Å². The van der Waals surface area contributed by atoms with E-state index >= 15 is 0 Å². The van der Waals surface area contributed by atoms with Gasteiger partial charge in [-0.3, -0.25) is 4.79 Å². The number of nitrogens with one attached hydrogen (secondary N) is 1. The number of nitrogens with two attached hydrogens (primary N) is 1. The minimum Gasteiger partial charge on any atom is -0.492 e. The number of amides is 1. The molecule has 0 aromatic heterocycles. The number of benzene rings is 1. The summed E-state index contributed by atoms with van der Waals surface area (Å²) >= 11 is 6.16. The molecule has 1 atom stereocenters. The lowest BCUT2D eigenvalue weighted by Crippen LogP contribution is -2.55. The Balaban J connectivity index is 0.00000176. The number of carbonyl (C=O) groups is 1. The molecule has 1 aliphatic heterocycles. The Morgan fingerprint density at radius 2 is 2.05 bits per heavy atom. The lowest BCUT2D eigenvalue weighted by molar-refractivity contribution is -0.128. The Bertz CT molecular complexity index is 545. The van der Waals surface area contributed by atoms with Crippen LogP contribution in [0.5, 0.6) is 5.75 Å². The summed E-state index contributed by atoms with van der Waals surface area (Å²) in [6, 6.07) is 5.57. The number of hydrogen-bond acceptors (Lipinski definition) is 3. The molecule has 1 aliphatic carbocycles. The van der Waals surface area contributed by atoms with Crippen LogP contribution in [0, 0.1) is 0 Å². The Labute approximate surface area is 142 Å². The van der Waals surface area contributed by atoms with Gasteiger partial charge in [-0.05, 0) is 18.9 Å². The van der Waals surface area contributed by atoms with Crippen LogP contribution in [0.3, 0.4) is 0 Å². The van der Waals surface area contributed by atoms with Crippen molar-refractivity contribution in [3.8, 4) is 5.75 Å². The van der Waals surface area contributed by atoms with Gasteiger partial charge >= 0.3 is 0 Å². The molecule has 3 N–H and O–H groups in total. The van der Waals surface area contributed by atoms with Crippen LogP contribution in [0.25, 0.3) is 0 Å². The summed E-state index contributed by atoms with van der Waals surface area (Å²) in [4.78, 5) is 12.6. The predicted octanol–water partition coefficient (Wildman–Crippen LogP) is 3.36. The van der Waals surface area contributed by atoms with E-state index in [-0.39, 0.29) is 24.4 Å². The molecule has 1 heterocycles. The van der Waals surface area contributed by atoms with Gasteiger partial charge in [-0.25, -0.2) is 0 Å². The van der Waals surface area contributed by atoms with Crippen LogP contribution in [0.4, 0.5) is 0 Å². The number of halogens is 2. The van der Waals surface area contributed by atoms with Gasteiger partial charge in [-0.15, -0.1) is 12.4 Å². The average molecular weight is 345 g/mol. The molecular weight excluding hydrogens is 323 g/mol. The normalized spacial score (nSPS) is 22.7. The molecule has 1 fully saturated rings. The fourth-order valence-corrected chi connectivity index (χ4v) is 3.48. The largest absolute Gasteiger partial charge is 0.492 e. The van der Waals surface area contributed by atoms with E-state index in [1.54, 1.807) is 6.07 Å². The van der Waals surface area contributed by atoms with E-state index in [0.717, 1.165) is 37.7 Å². The van der Waals surface area contributed by atoms with Gasteiger partial charge in [0.2, 0.25) is 5.91 Å². The highest BCUT2D eigenvalue weighted by Crippen LogP contribution is 2.38. The highest BCUT2D eigenvalue weighted by Gasteiger charge is 2.37. The van der Waals surface area contributed by atoms with Gasteiger partial charge < -0.3 is 15.8 Å². The number of fused-ring (bicyclic) bond motifs is 1. The lowest BCUT2D eigenvalue weighted by Gasteiger charge is -2.35. The first-order valence-corrected chi connectivity index (χ1v) is 7.99. The lowest BCUT2D eigenvalue weighted by atomic mass is 9.81. The van der Waals surface area contributed by atoms with Crippen LogP contribution >= 0.6 is 24.0 Å². The minimum absolute atomic E-state index is 0. The SMILES string of the molecule is Cl.NC1(C(=O)NC2CCOc3c(Cl)cccc32)CCCCC1. The number of rotatable bonds is 2. The van der Waals surface area contributed by atoms with Gasteiger partial charge in [-0.2, -0.15) is 0 Å². The predicted molar refractivity (Wildman–Crippen MR) is 89.7 cm³/mol. The van der Waals surface area contributed by atoms with Crippen LogP contribution in [0.1, 0.15) is 50.1 Å². The van der Waals surface area contributed by atoms with Crippen molar-refractivity contribution in [3.63, 3.8) is 0 Å². The van der Waals surface area contributed by atoms with Gasteiger partial charge in [0.05, 0.1) is 23.2 Å². The number of para-hydroxylation sites is 1. The molecule has 122 valence electrons. The van der Waals surface area contributed by atoms with Crippen LogP contribution in [-0.4, -0.2) is 18.1 Å². The molecule has 0 saturated heterocycles. The highest BCUT2D eigenvalue weighted by atomic mass is 35.5. The van der Waals surface area contributed by atoms with Crippen molar-refractivity contribution in [1.29, 1.82) is 0 Å². The number of carbonyl (C=O) groups excluding carboxylic acids is 1. The molecule has 0 radical (unpaired) electrons. The van der Waals surface area contributed by atoms with E-state index in [0.29, 0.717) is 17.4 Å². The smallest absolute Gasteiger partial charge is 0.240 e. The summed E-state index contributed by atoms with van der Waals surface area (Å²) < 4.78 is 5.62. The quantitative estimate of drug-likeness (QED) is 0.864. The van der Waals surface area contributed by atoms with E-state index in [2.05, 4.69) is 5.32 Å². The van der Waals surface area contributed by atoms with Crippen LogP contribution in [0.15, 0.2) is 18.2 Å². The topological polar surface area (TPSA) is 64.4 Å². The number of hydrogen-bond donors (Lipinski definition) is 2. The molecule has 1 saturated carbocycles. The molecule has 1 unspecified atom stereocenters. The Kier molecular flexibility index (Phi) is 5.59. The van der Waals surface area contributed by atoms with Gasteiger partial charge in [-0.1, -0.05) is 43.0 Å². The molecule has 1 amide bonds. The Morgan fingerprint density at radius 3 is 2.77 bits per heavy atom. The van der Waals surface area contributed by atoms with Crippen LogP contribution in [-0.2, 0) is 4.79 Å². The fraction of sp³-hybridized carbons (Fsp3) is 0.562. The van der Waals surface area contributed by atoms with E-state index in [4.69, 9.17) is 22.1 Å². The molecular formula is C16H22Cl2N2O2. The maximum Gasteiger partial charge on any atom is 0.240 e. The van der Waals surface area contributed by atoms with Gasteiger partial charge in [0.15, 0.2) is 0 Å². The van der Waals surface area contributed by atoms with E-state index in [1.807, 2.05) is 12.1 Å². The molecule has 3 rings (SSSR count). The zero-order valence-electron chi connectivity index (χ0n) is 12.4. The Morgan fingerprint density at radius 1 is 1.32 bits per heavy atom. The third kappa shape index (κ3) is 3.34. The minimum atomic E-state index is -0.713. The first-order chi connectivity index (χ1) is 10.1. The maximum absolute atomic E-state index is 12.6. The van der Waals surface area contributed by atoms with Crippen molar-refractivity contribution in [2.45, 2.75) is 50.1 Å². The van der Waals surface area contributed by atoms with Crippen molar-refractivity contribution in [2.24, 2.45) is 5.73 Å². The molecule has 4 nitrogen and oxygen atoms in total. The average Bonchev–Trinajstić information content (AvgIpc) is 2.49. The molecule has 0 spiro atoms. The summed E-state index contributed by atoms with van der Waals surface area (Å²) in [6.07, 6.45) is 5.51. The van der Waals surface area contributed by atoms with E-state index < -0.39 is 5.54 Å². The number of ether oxygens (including phenoxy) is 1. The van der Waals surface area contributed by atoms with E-state index in [9.17, 15) is 4.79 Å². The summed E-state index contributed by atoms with van der Waals surface area (Å²) in [6.45, 7) is 0.555. The maximum atomic E-state index is 12.6. The second-order valence-corrected chi connectivity index (χ2v) is 6.45. The van der Waals surface area contributed by atoms with Crippen molar-refractivity contribution >= 4 is 29.9 Å². The monoisotopic (exact) mass is 344 g/mol. The van der Waals surface area contributed by atoms with Crippen molar-refractivity contribution < 1.29 is 9.53 Å². The summed E-state index contributed by atoms with van der Waals surface area (Å²) in [5, 5.41) is 3.70. The van der Waals surface area contributed by atoms with Gasteiger partial charge in [0.1, 0.15) is 5.75 Å². The first-order valence-electron chi connectivity index (χ1n) is 7.61. The standard InChI is InChI=1S/C16H21ClN2O2.ClH/c17-12-6-4-5-11-13(7-10-21-14(11)12)19-15(20)16(18)8-2-1-3-9-16;/h4-6,13H,1-3,7-10,18H2,(H,19,20);1H. The molecule has 0 bridgehead atoms. The molecule has 6 heteroatoms. The third-order valence-electron chi connectivity index (χ3n) is 4.53. The van der Waals surface area contributed by atoms with E-state index in [1.165, 1.54) is 6.42 Å². The fourth-order valence-electron chi connectivity index (χ4n) is 3.25. The Hall–Kier alpha value is -0.970. The van der Waals surface area contributed by atoms with Gasteiger partial charge in [0.25, 0.3) is 0 Å². The molecule has 2 aliphatic rings. The molecule has 1 aromatic rings. The van der Waals surface area contributed by atoms with Gasteiger partial charge in [0, 0.05) is 12.0 Å². The second kappa shape index (κ2) is 7.07. The second-order valence-electron chi connectivity index (χ2n) is 6.04. The summed E-state index contributed by atoms with van der Waals surface area (Å²) in [5.74, 6) is 0.644. The molecule has 1 aromatic carbocycles. The zero-order chi connectivity index (χ0) is 14.9. The first kappa shape index (κ1) is 17.4. The molecule has 22 heavy (non-hydrogen) atoms. The third-order valence-corrected chi connectivity index (χ3v) is 4.83. The highest BCUT2D eigenvalue weighted by molar-refractivity contribution is 6.32. The van der Waals surface area contributed by atoms with Crippen LogP contribution in [0.2, 0.25) is 5.02 Å².